The summed E-state index contributed by atoms with van der Waals surface area (Å²) in [7, 11) is 0. The van der Waals surface area contributed by atoms with Crippen molar-refractivity contribution in [1.29, 1.82) is 0 Å². The number of nitrogens with two attached hydrogens (primary N) is 1. The van der Waals surface area contributed by atoms with E-state index in [4.69, 9.17) is 5.73 Å². The Labute approximate surface area is 105 Å². The van der Waals surface area contributed by atoms with E-state index in [1.807, 2.05) is 0 Å². The van der Waals surface area contributed by atoms with Crippen LogP contribution in [0, 0.1) is 0 Å². The first kappa shape index (κ1) is 10.6. The number of hydrogen-bond donors (Lipinski definition) is 1. The summed E-state index contributed by atoms with van der Waals surface area (Å²) in [6.07, 6.45) is 5.43. The van der Waals surface area contributed by atoms with Gasteiger partial charge in [-0.1, -0.05) is 28.8 Å². The molecule has 0 unspecified atom stereocenters. The number of fused-ring (bicyclic) bond motifs is 1. The molecular formula is C13H17BrN2. The van der Waals surface area contributed by atoms with Gasteiger partial charge in [0.2, 0.25) is 0 Å². The van der Waals surface area contributed by atoms with E-state index in [1.54, 1.807) is 0 Å². The van der Waals surface area contributed by atoms with E-state index < -0.39 is 0 Å². The number of anilines is 1. The summed E-state index contributed by atoms with van der Waals surface area (Å²) in [6.45, 7) is 0.996. The van der Waals surface area contributed by atoms with Crippen LogP contribution in [0.25, 0.3) is 0 Å². The third kappa shape index (κ3) is 1.66. The summed E-state index contributed by atoms with van der Waals surface area (Å²) in [6, 6.07) is 7.43. The maximum Gasteiger partial charge on any atom is 0.0494 e. The molecule has 0 saturated heterocycles. The van der Waals surface area contributed by atoms with Crippen molar-refractivity contribution < 1.29 is 0 Å². The number of hydrogen-bond acceptors (Lipinski definition) is 2. The molecule has 0 radical (unpaired) electrons. The van der Waals surface area contributed by atoms with Crippen LogP contribution in [0.15, 0.2) is 22.7 Å². The van der Waals surface area contributed by atoms with Crippen LogP contribution >= 0.6 is 15.9 Å². The van der Waals surface area contributed by atoms with Crippen molar-refractivity contribution in [1.82, 2.24) is 0 Å². The summed E-state index contributed by atoms with van der Waals surface area (Å²) in [5.74, 6) is 0. The molecule has 16 heavy (non-hydrogen) atoms. The molecule has 1 saturated carbocycles. The second-order valence-corrected chi connectivity index (χ2v) is 5.82. The van der Waals surface area contributed by atoms with E-state index in [0.29, 0.717) is 0 Å². The first-order valence-electron chi connectivity index (χ1n) is 6.07. The van der Waals surface area contributed by atoms with Crippen molar-refractivity contribution >= 4 is 21.6 Å². The van der Waals surface area contributed by atoms with E-state index >= 15 is 0 Å². The minimum atomic E-state index is 0.188. The van der Waals surface area contributed by atoms with Crippen LogP contribution in [0.4, 0.5) is 5.69 Å². The topological polar surface area (TPSA) is 29.3 Å². The van der Waals surface area contributed by atoms with Gasteiger partial charge in [-0.3, -0.25) is 0 Å². The molecule has 2 aliphatic rings. The number of nitrogens with zero attached hydrogens (tertiary/aromatic N) is 1. The van der Waals surface area contributed by atoms with Crippen molar-refractivity contribution in [2.24, 2.45) is 5.73 Å². The van der Waals surface area contributed by atoms with Gasteiger partial charge in [0.15, 0.2) is 0 Å². The Morgan fingerprint density at radius 1 is 1.25 bits per heavy atom. The summed E-state index contributed by atoms with van der Waals surface area (Å²) in [4.78, 5) is 2.53. The maximum absolute atomic E-state index is 6.21. The van der Waals surface area contributed by atoms with Crippen LogP contribution in [0.2, 0.25) is 0 Å². The van der Waals surface area contributed by atoms with Gasteiger partial charge in [-0.05, 0) is 36.6 Å². The first-order valence-corrected chi connectivity index (χ1v) is 6.86. The third-order valence-corrected chi connectivity index (χ3v) is 4.35. The van der Waals surface area contributed by atoms with E-state index in [0.717, 1.165) is 17.1 Å². The SMILES string of the molecule is N[C@H]1CN(C2CCCC2)c2ccc(Br)cc21. The van der Waals surface area contributed by atoms with E-state index in [2.05, 4.69) is 39.0 Å². The Balaban J connectivity index is 1.95. The molecule has 1 aliphatic heterocycles. The van der Waals surface area contributed by atoms with Crippen molar-refractivity contribution in [3.05, 3.63) is 28.2 Å². The van der Waals surface area contributed by atoms with Gasteiger partial charge in [0, 0.05) is 28.8 Å². The van der Waals surface area contributed by atoms with Crippen molar-refractivity contribution in [3.8, 4) is 0 Å². The molecule has 86 valence electrons. The van der Waals surface area contributed by atoms with Gasteiger partial charge in [-0.2, -0.15) is 0 Å². The highest BCUT2D eigenvalue weighted by Gasteiger charge is 2.32. The quantitative estimate of drug-likeness (QED) is 0.856. The molecule has 1 atom stereocenters. The molecule has 3 rings (SSSR count). The van der Waals surface area contributed by atoms with E-state index in [9.17, 15) is 0 Å². The molecule has 3 heteroatoms. The molecule has 2 nitrogen and oxygen atoms in total. The van der Waals surface area contributed by atoms with Crippen LogP contribution in [0.3, 0.4) is 0 Å². The van der Waals surface area contributed by atoms with Gasteiger partial charge in [-0.25, -0.2) is 0 Å². The highest BCUT2D eigenvalue weighted by Crippen LogP contribution is 2.39. The third-order valence-electron chi connectivity index (χ3n) is 3.86. The van der Waals surface area contributed by atoms with Gasteiger partial charge in [0.1, 0.15) is 0 Å². The van der Waals surface area contributed by atoms with Crippen molar-refractivity contribution in [2.75, 3.05) is 11.4 Å². The lowest BCUT2D eigenvalue weighted by molar-refractivity contribution is 0.597. The minimum absolute atomic E-state index is 0.188. The van der Waals surface area contributed by atoms with Crippen molar-refractivity contribution in [3.63, 3.8) is 0 Å². The first-order chi connectivity index (χ1) is 7.75. The lowest BCUT2D eigenvalue weighted by Gasteiger charge is -2.26. The highest BCUT2D eigenvalue weighted by atomic mass is 79.9. The highest BCUT2D eigenvalue weighted by molar-refractivity contribution is 9.10. The Hall–Kier alpha value is -0.540. The van der Waals surface area contributed by atoms with Crippen LogP contribution < -0.4 is 10.6 Å². The molecule has 1 aliphatic carbocycles. The fraction of sp³-hybridized carbons (Fsp3) is 0.538. The summed E-state index contributed by atoms with van der Waals surface area (Å²) in [5.41, 5.74) is 8.88. The Morgan fingerprint density at radius 3 is 2.75 bits per heavy atom. The fourth-order valence-electron chi connectivity index (χ4n) is 3.05. The monoisotopic (exact) mass is 280 g/mol. The summed E-state index contributed by atoms with van der Waals surface area (Å²) < 4.78 is 1.13. The molecule has 0 aromatic heterocycles. The van der Waals surface area contributed by atoms with Gasteiger partial charge in [0.25, 0.3) is 0 Å². The Kier molecular flexibility index (Phi) is 2.68. The Morgan fingerprint density at radius 2 is 2.00 bits per heavy atom. The average Bonchev–Trinajstić information content (AvgIpc) is 2.87. The zero-order valence-corrected chi connectivity index (χ0v) is 10.9. The Bertz CT molecular complexity index is 399. The van der Waals surface area contributed by atoms with Crippen LogP contribution in [0.5, 0.6) is 0 Å². The minimum Gasteiger partial charge on any atom is -0.366 e. The molecule has 0 spiro atoms. The second-order valence-electron chi connectivity index (χ2n) is 4.90. The molecular weight excluding hydrogens is 264 g/mol. The molecule has 1 heterocycles. The molecule has 0 amide bonds. The smallest absolute Gasteiger partial charge is 0.0494 e. The average molecular weight is 281 g/mol. The van der Waals surface area contributed by atoms with Gasteiger partial charge in [0.05, 0.1) is 0 Å². The zero-order valence-electron chi connectivity index (χ0n) is 9.32. The summed E-state index contributed by atoms with van der Waals surface area (Å²) in [5, 5.41) is 0. The predicted octanol–water partition coefficient (Wildman–Crippen LogP) is 3.21. The van der Waals surface area contributed by atoms with E-state index in [1.165, 1.54) is 36.9 Å². The summed E-state index contributed by atoms with van der Waals surface area (Å²) >= 11 is 3.52. The number of halogens is 1. The van der Waals surface area contributed by atoms with Crippen LogP contribution in [-0.4, -0.2) is 12.6 Å². The van der Waals surface area contributed by atoms with Gasteiger partial charge >= 0.3 is 0 Å². The fourth-order valence-corrected chi connectivity index (χ4v) is 3.43. The van der Waals surface area contributed by atoms with Gasteiger partial charge < -0.3 is 10.6 Å². The number of benzene rings is 1. The molecule has 1 aromatic rings. The normalized spacial score (nSPS) is 25.1. The van der Waals surface area contributed by atoms with Crippen LogP contribution in [-0.2, 0) is 0 Å². The van der Waals surface area contributed by atoms with Crippen LogP contribution in [0.1, 0.15) is 37.3 Å². The van der Waals surface area contributed by atoms with Crippen molar-refractivity contribution in [2.45, 2.75) is 37.8 Å². The number of rotatable bonds is 1. The zero-order chi connectivity index (χ0) is 11.1. The molecule has 1 aromatic carbocycles. The second kappa shape index (κ2) is 4.04. The van der Waals surface area contributed by atoms with Gasteiger partial charge in [-0.15, -0.1) is 0 Å². The maximum atomic E-state index is 6.21. The largest absolute Gasteiger partial charge is 0.366 e. The molecule has 2 N–H and O–H groups in total. The van der Waals surface area contributed by atoms with E-state index in [-0.39, 0.29) is 6.04 Å². The standard InChI is InChI=1S/C13H17BrN2/c14-9-5-6-13-11(7-9)12(15)8-16(13)10-3-1-2-4-10/h5-7,10,12H,1-4,8,15H2/t12-/m0/s1. The predicted molar refractivity (Wildman–Crippen MR) is 70.7 cm³/mol. The molecule has 1 fully saturated rings. The lowest BCUT2D eigenvalue weighted by atomic mass is 10.1. The lowest BCUT2D eigenvalue weighted by Crippen LogP contribution is -2.33. The molecule has 0 bridgehead atoms.